The van der Waals surface area contributed by atoms with Crippen LogP contribution in [0.3, 0.4) is 0 Å². The Labute approximate surface area is 106 Å². The number of amides is 1. The lowest BCUT2D eigenvalue weighted by Crippen LogP contribution is -2.18. The quantitative estimate of drug-likeness (QED) is 0.603. The van der Waals surface area contributed by atoms with Crippen molar-refractivity contribution in [3.63, 3.8) is 0 Å². The lowest BCUT2D eigenvalue weighted by atomic mass is 10.1. The SMILES string of the molecule is NC(=O)CCCCNCc1ccccc1C(=O)O. The standard InChI is InChI=1S/C13H18N2O3/c14-12(16)7-3-4-8-15-9-10-5-1-2-6-11(10)13(17)18/h1-2,5-6,15H,3-4,7-9H2,(H2,14,16)(H,17,18). The molecule has 0 aromatic heterocycles. The molecule has 0 saturated heterocycles. The molecule has 1 rings (SSSR count). The second-order valence-electron chi connectivity index (χ2n) is 4.06. The summed E-state index contributed by atoms with van der Waals surface area (Å²) in [6.45, 7) is 1.25. The van der Waals surface area contributed by atoms with Crippen molar-refractivity contribution in [2.75, 3.05) is 6.54 Å². The van der Waals surface area contributed by atoms with Crippen LogP contribution in [0.4, 0.5) is 0 Å². The summed E-state index contributed by atoms with van der Waals surface area (Å²) in [6, 6.07) is 6.91. The average molecular weight is 250 g/mol. The van der Waals surface area contributed by atoms with E-state index in [0.29, 0.717) is 18.5 Å². The number of carbonyl (C=O) groups excluding carboxylic acids is 1. The molecule has 5 nitrogen and oxygen atoms in total. The van der Waals surface area contributed by atoms with E-state index in [4.69, 9.17) is 10.8 Å². The van der Waals surface area contributed by atoms with Gasteiger partial charge in [0.1, 0.15) is 0 Å². The molecule has 1 aromatic carbocycles. The summed E-state index contributed by atoms with van der Waals surface area (Å²) in [6.07, 6.45) is 1.99. The lowest BCUT2D eigenvalue weighted by molar-refractivity contribution is -0.118. The van der Waals surface area contributed by atoms with Crippen LogP contribution in [0.1, 0.15) is 35.2 Å². The average Bonchev–Trinajstić information content (AvgIpc) is 2.33. The Balaban J connectivity index is 2.31. The van der Waals surface area contributed by atoms with Crippen LogP contribution in [0, 0.1) is 0 Å². The zero-order valence-corrected chi connectivity index (χ0v) is 10.2. The van der Waals surface area contributed by atoms with Gasteiger partial charge in [0.15, 0.2) is 0 Å². The number of benzene rings is 1. The van der Waals surface area contributed by atoms with E-state index in [1.54, 1.807) is 18.2 Å². The number of carboxylic acid groups (broad SMARTS) is 1. The highest BCUT2D eigenvalue weighted by Gasteiger charge is 2.07. The highest BCUT2D eigenvalue weighted by atomic mass is 16.4. The summed E-state index contributed by atoms with van der Waals surface area (Å²) in [5.74, 6) is -1.20. The maximum Gasteiger partial charge on any atom is 0.336 e. The van der Waals surface area contributed by atoms with E-state index in [2.05, 4.69) is 5.32 Å². The Hall–Kier alpha value is -1.88. The van der Waals surface area contributed by atoms with Gasteiger partial charge < -0.3 is 16.2 Å². The molecule has 0 unspecified atom stereocenters. The zero-order valence-electron chi connectivity index (χ0n) is 10.2. The third-order valence-corrected chi connectivity index (χ3v) is 2.59. The van der Waals surface area contributed by atoms with Gasteiger partial charge in [0.05, 0.1) is 5.56 Å². The summed E-state index contributed by atoms with van der Waals surface area (Å²) in [5.41, 5.74) is 6.11. The van der Waals surface area contributed by atoms with Crippen LogP contribution in [0.25, 0.3) is 0 Å². The topological polar surface area (TPSA) is 92.4 Å². The fraction of sp³-hybridized carbons (Fsp3) is 0.385. The normalized spacial score (nSPS) is 10.2. The fourth-order valence-electron chi connectivity index (χ4n) is 1.66. The predicted octanol–water partition coefficient (Wildman–Crippen LogP) is 1.13. The summed E-state index contributed by atoms with van der Waals surface area (Å²) >= 11 is 0. The maximum atomic E-state index is 11.0. The number of nitrogens with two attached hydrogens (primary N) is 1. The van der Waals surface area contributed by atoms with Gasteiger partial charge >= 0.3 is 5.97 Å². The number of hydrogen-bond acceptors (Lipinski definition) is 3. The molecule has 0 heterocycles. The molecular formula is C13H18N2O3. The Bertz CT molecular complexity index is 418. The van der Waals surface area contributed by atoms with E-state index in [9.17, 15) is 9.59 Å². The first-order valence-corrected chi connectivity index (χ1v) is 5.91. The second-order valence-corrected chi connectivity index (χ2v) is 4.06. The van der Waals surface area contributed by atoms with Gasteiger partial charge in [0.2, 0.25) is 5.91 Å². The molecule has 0 radical (unpaired) electrons. The van der Waals surface area contributed by atoms with E-state index in [0.717, 1.165) is 24.9 Å². The fourth-order valence-corrected chi connectivity index (χ4v) is 1.66. The molecule has 0 spiro atoms. The second kappa shape index (κ2) is 7.45. The summed E-state index contributed by atoms with van der Waals surface area (Å²) in [5, 5.41) is 12.1. The maximum absolute atomic E-state index is 11.0. The number of carbonyl (C=O) groups is 2. The van der Waals surface area contributed by atoms with E-state index in [1.165, 1.54) is 0 Å². The van der Waals surface area contributed by atoms with Crippen molar-refractivity contribution in [2.24, 2.45) is 5.73 Å². The van der Waals surface area contributed by atoms with Gasteiger partial charge in [-0.05, 0) is 31.0 Å². The van der Waals surface area contributed by atoms with Crippen molar-refractivity contribution in [2.45, 2.75) is 25.8 Å². The van der Waals surface area contributed by atoms with Crippen molar-refractivity contribution in [1.29, 1.82) is 0 Å². The van der Waals surface area contributed by atoms with Crippen LogP contribution >= 0.6 is 0 Å². The molecule has 18 heavy (non-hydrogen) atoms. The van der Waals surface area contributed by atoms with Gasteiger partial charge in [-0.3, -0.25) is 4.79 Å². The van der Waals surface area contributed by atoms with Crippen LogP contribution in [0.15, 0.2) is 24.3 Å². The third-order valence-electron chi connectivity index (χ3n) is 2.59. The number of aromatic carboxylic acids is 1. The molecular weight excluding hydrogens is 232 g/mol. The predicted molar refractivity (Wildman–Crippen MR) is 68.2 cm³/mol. The van der Waals surface area contributed by atoms with Gasteiger partial charge in [-0.15, -0.1) is 0 Å². The number of primary amides is 1. The molecule has 0 aliphatic heterocycles. The Morgan fingerprint density at radius 2 is 1.94 bits per heavy atom. The van der Waals surface area contributed by atoms with Gasteiger partial charge in [0.25, 0.3) is 0 Å². The number of nitrogens with one attached hydrogen (secondary N) is 1. The summed E-state index contributed by atoms with van der Waals surface area (Å²) in [4.78, 5) is 21.5. The van der Waals surface area contributed by atoms with E-state index < -0.39 is 5.97 Å². The smallest absolute Gasteiger partial charge is 0.336 e. The minimum Gasteiger partial charge on any atom is -0.478 e. The number of hydrogen-bond donors (Lipinski definition) is 3. The summed E-state index contributed by atoms with van der Waals surface area (Å²) < 4.78 is 0. The molecule has 0 aliphatic carbocycles. The van der Waals surface area contributed by atoms with Crippen LogP contribution in [-0.2, 0) is 11.3 Å². The number of carboxylic acids is 1. The summed E-state index contributed by atoms with van der Waals surface area (Å²) in [7, 11) is 0. The molecule has 1 aromatic rings. The minimum atomic E-state index is -0.916. The Kier molecular flexibility index (Phi) is 5.87. The molecule has 1 amide bonds. The van der Waals surface area contributed by atoms with Crippen LogP contribution in [-0.4, -0.2) is 23.5 Å². The molecule has 5 heteroatoms. The Morgan fingerprint density at radius 3 is 2.61 bits per heavy atom. The highest BCUT2D eigenvalue weighted by Crippen LogP contribution is 2.08. The minimum absolute atomic E-state index is 0.286. The van der Waals surface area contributed by atoms with Gasteiger partial charge in [0, 0.05) is 13.0 Å². The molecule has 0 aliphatic rings. The molecule has 98 valence electrons. The first-order chi connectivity index (χ1) is 8.61. The van der Waals surface area contributed by atoms with Crippen LogP contribution in [0.5, 0.6) is 0 Å². The molecule has 0 saturated carbocycles. The van der Waals surface area contributed by atoms with Gasteiger partial charge in [-0.2, -0.15) is 0 Å². The molecule has 4 N–H and O–H groups in total. The van der Waals surface area contributed by atoms with Crippen LogP contribution in [0.2, 0.25) is 0 Å². The van der Waals surface area contributed by atoms with E-state index in [-0.39, 0.29) is 5.91 Å². The Morgan fingerprint density at radius 1 is 1.22 bits per heavy atom. The monoisotopic (exact) mass is 250 g/mol. The van der Waals surface area contributed by atoms with E-state index >= 15 is 0 Å². The molecule has 0 atom stereocenters. The van der Waals surface area contributed by atoms with Crippen molar-refractivity contribution >= 4 is 11.9 Å². The van der Waals surface area contributed by atoms with Gasteiger partial charge in [-0.25, -0.2) is 4.79 Å². The van der Waals surface area contributed by atoms with Crippen molar-refractivity contribution in [1.82, 2.24) is 5.32 Å². The third kappa shape index (κ3) is 4.97. The zero-order chi connectivity index (χ0) is 13.4. The van der Waals surface area contributed by atoms with Crippen LogP contribution < -0.4 is 11.1 Å². The van der Waals surface area contributed by atoms with Crippen molar-refractivity contribution in [3.8, 4) is 0 Å². The number of rotatable bonds is 8. The van der Waals surface area contributed by atoms with Crippen molar-refractivity contribution < 1.29 is 14.7 Å². The largest absolute Gasteiger partial charge is 0.478 e. The highest BCUT2D eigenvalue weighted by molar-refractivity contribution is 5.89. The first-order valence-electron chi connectivity index (χ1n) is 5.91. The molecule has 0 bridgehead atoms. The van der Waals surface area contributed by atoms with Crippen molar-refractivity contribution in [3.05, 3.63) is 35.4 Å². The van der Waals surface area contributed by atoms with Gasteiger partial charge in [-0.1, -0.05) is 18.2 Å². The van der Waals surface area contributed by atoms with E-state index in [1.807, 2.05) is 6.07 Å². The lowest BCUT2D eigenvalue weighted by Gasteiger charge is -2.07. The first kappa shape index (κ1) is 14.2. The number of unbranched alkanes of at least 4 members (excludes halogenated alkanes) is 1. The molecule has 0 fully saturated rings.